The molecule has 11 heavy (non-hydrogen) atoms. The lowest BCUT2D eigenvalue weighted by Crippen LogP contribution is -2.34. The van der Waals surface area contributed by atoms with Gasteiger partial charge in [-0.25, -0.2) is 0 Å². The molecule has 0 aromatic heterocycles. The monoisotopic (exact) mass is 175 g/mol. The summed E-state index contributed by atoms with van der Waals surface area (Å²) < 4.78 is 0. The lowest BCUT2D eigenvalue weighted by atomic mass is 10.2. The summed E-state index contributed by atoms with van der Waals surface area (Å²) in [4.78, 5) is 5.32. The number of rotatable bonds is 3. The summed E-state index contributed by atoms with van der Waals surface area (Å²) in [6, 6.07) is 0.596. The number of hydrogen-bond donors (Lipinski definition) is 1. The molecule has 0 bridgehead atoms. The molecule has 3 heteroatoms. The smallest absolute Gasteiger partial charge is 0.0734 e. The molecule has 1 N–H and O–H groups in total. The molecule has 0 amide bonds. The Balaban J connectivity index is 2.05. The van der Waals surface area contributed by atoms with Gasteiger partial charge in [-0.05, 0) is 38.2 Å². The number of hydroxylamine groups is 1. The van der Waals surface area contributed by atoms with E-state index >= 15 is 0 Å². The Kier molecular flexibility index (Phi) is 4.26. The van der Waals surface area contributed by atoms with Crippen molar-refractivity contribution in [3.8, 4) is 0 Å². The van der Waals surface area contributed by atoms with E-state index in [2.05, 4.69) is 5.48 Å². The Bertz CT molecular complexity index is 102. The van der Waals surface area contributed by atoms with Crippen molar-refractivity contribution >= 4 is 11.8 Å². The third-order valence-corrected chi connectivity index (χ3v) is 2.74. The van der Waals surface area contributed by atoms with E-state index in [0.717, 1.165) is 0 Å². The number of thioether (sulfide) groups is 1. The zero-order chi connectivity index (χ0) is 8.10. The van der Waals surface area contributed by atoms with Gasteiger partial charge in [0.05, 0.1) is 6.10 Å². The van der Waals surface area contributed by atoms with Crippen LogP contribution in [0.1, 0.15) is 26.7 Å². The van der Waals surface area contributed by atoms with Gasteiger partial charge in [0, 0.05) is 6.04 Å². The van der Waals surface area contributed by atoms with Crippen molar-refractivity contribution in [2.45, 2.75) is 38.8 Å². The molecule has 0 aliphatic carbocycles. The lowest BCUT2D eigenvalue weighted by Gasteiger charge is -2.23. The van der Waals surface area contributed by atoms with Gasteiger partial charge in [0.25, 0.3) is 0 Å². The number of hydrogen-bond acceptors (Lipinski definition) is 3. The molecule has 0 aromatic rings. The molecule has 1 rings (SSSR count). The molecule has 2 nitrogen and oxygen atoms in total. The van der Waals surface area contributed by atoms with Gasteiger partial charge in [-0.1, -0.05) is 0 Å². The third-order valence-electron chi connectivity index (χ3n) is 1.69. The SMILES string of the molecule is CC(C)ONC1CCSCC1. The van der Waals surface area contributed by atoms with Crippen LogP contribution in [0.3, 0.4) is 0 Å². The van der Waals surface area contributed by atoms with E-state index in [1.54, 1.807) is 0 Å². The maximum Gasteiger partial charge on any atom is 0.0734 e. The average Bonchev–Trinajstić information content (AvgIpc) is 2.03. The molecule has 0 spiro atoms. The molecule has 1 fully saturated rings. The second-order valence-corrected chi connectivity index (χ2v) is 4.40. The normalized spacial score (nSPS) is 21.0. The standard InChI is InChI=1S/C8H17NOS/c1-7(2)10-9-8-3-5-11-6-4-8/h7-9H,3-6H2,1-2H3. The summed E-state index contributed by atoms with van der Waals surface area (Å²) in [5.74, 6) is 2.55. The fraction of sp³-hybridized carbons (Fsp3) is 1.00. The lowest BCUT2D eigenvalue weighted by molar-refractivity contribution is -0.0273. The van der Waals surface area contributed by atoms with Crippen LogP contribution in [0.4, 0.5) is 0 Å². The van der Waals surface area contributed by atoms with Gasteiger partial charge in [0.2, 0.25) is 0 Å². The van der Waals surface area contributed by atoms with Gasteiger partial charge in [-0.3, -0.25) is 4.84 Å². The van der Waals surface area contributed by atoms with Crippen LogP contribution in [-0.4, -0.2) is 23.7 Å². The fourth-order valence-electron chi connectivity index (χ4n) is 1.05. The van der Waals surface area contributed by atoms with E-state index in [1.165, 1.54) is 24.3 Å². The summed E-state index contributed by atoms with van der Waals surface area (Å²) in [7, 11) is 0. The van der Waals surface area contributed by atoms with Crippen molar-refractivity contribution < 1.29 is 4.84 Å². The van der Waals surface area contributed by atoms with Gasteiger partial charge in [0.1, 0.15) is 0 Å². The molecule has 0 unspecified atom stereocenters. The van der Waals surface area contributed by atoms with Crippen molar-refractivity contribution in [1.82, 2.24) is 5.48 Å². The van der Waals surface area contributed by atoms with Crippen LogP contribution in [0, 0.1) is 0 Å². The van der Waals surface area contributed by atoms with Crippen LogP contribution in [0.5, 0.6) is 0 Å². The second-order valence-electron chi connectivity index (χ2n) is 3.17. The van der Waals surface area contributed by atoms with Gasteiger partial charge in [-0.15, -0.1) is 0 Å². The van der Waals surface area contributed by atoms with Crippen molar-refractivity contribution in [3.05, 3.63) is 0 Å². The molecule has 1 aliphatic heterocycles. The first-order chi connectivity index (χ1) is 5.29. The maximum atomic E-state index is 5.32. The molecular weight excluding hydrogens is 158 g/mol. The molecule has 0 radical (unpaired) electrons. The summed E-state index contributed by atoms with van der Waals surface area (Å²) in [6.07, 6.45) is 2.79. The fourth-order valence-corrected chi connectivity index (χ4v) is 2.15. The predicted octanol–water partition coefficient (Wildman–Crippen LogP) is 1.81. The van der Waals surface area contributed by atoms with Crippen LogP contribution < -0.4 is 5.48 Å². The highest BCUT2D eigenvalue weighted by Gasteiger charge is 2.13. The summed E-state index contributed by atoms with van der Waals surface area (Å²) >= 11 is 2.04. The van der Waals surface area contributed by atoms with Crippen LogP contribution in [0.25, 0.3) is 0 Å². The molecule has 0 saturated carbocycles. The zero-order valence-electron chi connectivity index (χ0n) is 7.30. The highest BCUT2D eigenvalue weighted by Crippen LogP contribution is 2.16. The van der Waals surface area contributed by atoms with Crippen LogP contribution in [-0.2, 0) is 4.84 Å². The Morgan fingerprint density at radius 3 is 2.55 bits per heavy atom. The first-order valence-corrected chi connectivity index (χ1v) is 5.43. The van der Waals surface area contributed by atoms with Crippen molar-refractivity contribution in [2.24, 2.45) is 0 Å². The Morgan fingerprint density at radius 1 is 1.36 bits per heavy atom. The van der Waals surface area contributed by atoms with Gasteiger partial charge < -0.3 is 0 Å². The minimum Gasteiger partial charge on any atom is -0.299 e. The summed E-state index contributed by atoms with van der Waals surface area (Å²) in [5, 5.41) is 0. The van der Waals surface area contributed by atoms with E-state index in [0.29, 0.717) is 12.1 Å². The molecule has 1 aliphatic rings. The maximum absolute atomic E-state index is 5.32. The minimum absolute atomic E-state index is 0.296. The Morgan fingerprint density at radius 2 is 2.00 bits per heavy atom. The predicted molar refractivity (Wildman–Crippen MR) is 49.7 cm³/mol. The van der Waals surface area contributed by atoms with E-state index in [9.17, 15) is 0 Å². The first-order valence-electron chi connectivity index (χ1n) is 4.28. The van der Waals surface area contributed by atoms with E-state index < -0.39 is 0 Å². The van der Waals surface area contributed by atoms with E-state index in [-0.39, 0.29) is 0 Å². The molecular formula is C8H17NOS. The third kappa shape index (κ3) is 3.99. The average molecular weight is 175 g/mol. The topological polar surface area (TPSA) is 21.3 Å². The van der Waals surface area contributed by atoms with Crippen molar-refractivity contribution in [3.63, 3.8) is 0 Å². The highest BCUT2D eigenvalue weighted by atomic mass is 32.2. The summed E-state index contributed by atoms with van der Waals surface area (Å²) in [6.45, 7) is 4.09. The van der Waals surface area contributed by atoms with Gasteiger partial charge in [0.15, 0.2) is 0 Å². The van der Waals surface area contributed by atoms with Crippen molar-refractivity contribution in [2.75, 3.05) is 11.5 Å². The molecule has 1 heterocycles. The van der Waals surface area contributed by atoms with Crippen LogP contribution in [0.15, 0.2) is 0 Å². The highest BCUT2D eigenvalue weighted by molar-refractivity contribution is 7.99. The largest absolute Gasteiger partial charge is 0.299 e. The zero-order valence-corrected chi connectivity index (χ0v) is 8.12. The van der Waals surface area contributed by atoms with Gasteiger partial charge in [-0.2, -0.15) is 17.2 Å². The Hall–Kier alpha value is 0.270. The van der Waals surface area contributed by atoms with Crippen LogP contribution >= 0.6 is 11.8 Å². The van der Waals surface area contributed by atoms with E-state index in [4.69, 9.17) is 4.84 Å². The molecule has 0 aromatic carbocycles. The van der Waals surface area contributed by atoms with E-state index in [1.807, 2.05) is 25.6 Å². The Labute approximate surface area is 73.0 Å². The molecule has 1 saturated heterocycles. The van der Waals surface area contributed by atoms with Gasteiger partial charge >= 0.3 is 0 Å². The minimum atomic E-state index is 0.296. The first kappa shape index (κ1) is 9.36. The van der Waals surface area contributed by atoms with Crippen LogP contribution in [0.2, 0.25) is 0 Å². The van der Waals surface area contributed by atoms with Crippen molar-refractivity contribution in [1.29, 1.82) is 0 Å². The summed E-state index contributed by atoms with van der Waals surface area (Å²) in [5.41, 5.74) is 3.11. The number of nitrogens with one attached hydrogen (secondary N) is 1. The molecule has 66 valence electrons. The second kappa shape index (κ2) is 5.01. The quantitative estimate of drug-likeness (QED) is 0.661. The molecule has 0 atom stereocenters.